The predicted molar refractivity (Wildman–Crippen MR) is 68.8 cm³/mol. The molecule has 0 amide bonds. The van der Waals surface area contributed by atoms with Crippen LogP contribution in [0, 0.1) is 0 Å². The van der Waals surface area contributed by atoms with E-state index in [0.29, 0.717) is 0 Å². The molecular formula is C13H15NO5. The smallest absolute Gasteiger partial charge is 0.321 e. The normalized spacial score (nSPS) is 12.4. The Morgan fingerprint density at radius 1 is 1.21 bits per heavy atom. The lowest BCUT2D eigenvalue weighted by Crippen LogP contribution is -2.38. The molecule has 0 aliphatic carbocycles. The third-order valence-electron chi connectivity index (χ3n) is 2.36. The minimum Gasteiger partial charge on any atom is -0.508 e. The van der Waals surface area contributed by atoms with Crippen molar-refractivity contribution in [1.29, 1.82) is 0 Å². The van der Waals surface area contributed by atoms with Crippen molar-refractivity contribution in [2.45, 2.75) is 12.5 Å². The fourth-order valence-corrected chi connectivity index (χ4v) is 1.41. The summed E-state index contributed by atoms with van der Waals surface area (Å²) in [5.41, 5.74) is 0.852. The second-order valence-electron chi connectivity index (χ2n) is 3.89. The van der Waals surface area contributed by atoms with Crippen LogP contribution in [-0.4, -0.2) is 39.8 Å². The summed E-state index contributed by atoms with van der Waals surface area (Å²) in [4.78, 5) is 21.2. The summed E-state index contributed by atoms with van der Waals surface area (Å²) >= 11 is 0. The zero-order chi connectivity index (χ0) is 14.3. The first-order valence-corrected chi connectivity index (χ1v) is 5.62. The number of rotatable bonds is 7. The molecule has 0 spiro atoms. The van der Waals surface area contributed by atoms with Crippen LogP contribution in [0.25, 0.3) is 6.08 Å². The van der Waals surface area contributed by atoms with Gasteiger partial charge in [0.1, 0.15) is 11.8 Å². The number of hydrogen-bond donors (Lipinski definition) is 4. The number of carboxylic acids is 2. The number of aromatic hydroxyl groups is 1. The summed E-state index contributed by atoms with van der Waals surface area (Å²) in [6, 6.07) is 5.38. The molecule has 0 saturated carbocycles. The van der Waals surface area contributed by atoms with E-state index in [-0.39, 0.29) is 12.3 Å². The second kappa shape index (κ2) is 7.17. The van der Waals surface area contributed by atoms with E-state index in [1.54, 1.807) is 24.3 Å². The van der Waals surface area contributed by atoms with E-state index < -0.39 is 24.4 Å². The molecule has 0 saturated heterocycles. The maximum Gasteiger partial charge on any atom is 0.321 e. The van der Waals surface area contributed by atoms with Gasteiger partial charge >= 0.3 is 11.9 Å². The molecule has 1 atom stereocenters. The van der Waals surface area contributed by atoms with Crippen molar-refractivity contribution in [2.75, 3.05) is 6.54 Å². The number of phenols is 1. The Labute approximate surface area is 110 Å². The Balaban J connectivity index is 2.45. The number of aliphatic carboxylic acids is 2. The molecule has 0 aliphatic heterocycles. The van der Waals surface area contributed by atoms with E-state index in [1.807, 2.05) is 0 Å². The highest BCUT2D eigenvalue weighted by atomic mass is 16.4. The van der Waals surface area contributed by atoms with E-state index in [9.17, 15) is 9.59 Å². The fraction of sp³-hybridized carbons (Fsp3) is 0.231. The van der Waals surface area contributed by atoms with E-state index in [2.05, 4.69) is 5.32 Å². The zero-order valence-electron chi connectivity index (χ0n) is 10.1. The lowest BCUT2D eigenvalue weighted by atomic mass is 10.2. The maximum absolute atomic E-state index is 10.8. The van der Waals surface area contributed by atoms with Crippen LogP contribution in [-0.2, 0) is 9.59 Å². The topological polar surface area (TPSA) is 107 Å². The van der Waals surface area contributed by atoms with Gasteiger partial charge in [-0.25, -0.2) is 0 Å². The van der Waals surface area contributed by atoms with Crippen LogP contribution in [0.5, 0.6) is 5.75 Å². The lowest BCUT2D eigenvalue weighted by Gasteiger charge is -2.09. The van der Waals surface area contributed by atoms with Gasteiger partial charge in [-0.3, -0.25) is 9.59 Å². The Morgan fingerprint density at radius 3 is 2.37 bits per heavy atom. The molecule has 0 heterocycles. The zero-order valence-corrected chi connectivity index (χ0v) is 10.1. The average Bonchev–Trinajstić information content (AvgIpc) is 2.34. The van der Waals surface area contributed by atoms with Crippen molar-refractivity contribution in [1.82, 2.24) is 5.32 Å². The number of nitrogens with one attached hydrogen (secondary N) is 1. The van der Waals surface area contributed by atoms with Crippen molar-refractivity contribution in [3.05, 3.63) is 35.9 Å². The number of carbonyl (C=O) groups is 2. The number of hydrogen-bond acceptors (Lipinski definition) is 4. The lowest BCUT2D eigenvalue weighted by molar-refractivity contribution is -0.145. The minimum atomic E-state index is -1.19. The van der Waals surface area contributed by atoms with E-state index in [1.165, 1.54) is 12.1 Å². The number of benzene rings is 1. The first-order chi connectivity index (χ1) is 8.99. The molecule has 0 unspecified atom stereocenters. The van der Waals surface area contributed by atoms with Crippen molar-refractivity contribution < 1.29 is 24.9 Å². The van der Waals surface area contributed by atoms with Gasteiger partial charge in [0, 0.05) is 6.54 Å². The van der Waals surface area contributed by atoms with Crippen LogP contribution < -0.4 is 5.32 Å². The Hall–Kier alpha value is -2.34. The Morgan fingerprint density at radius 2 is 1.84 bits per heavy atom. The van der Waals surface area contributed by atoms with Gasteiger partial charge < -0.3 is 20.6 Å². The summed E-state index contributed by atoms with van der Waals surface area (Å²) in [7, 11) is 0. The second-order valence-corrected chi connectivity index (χ2v) is 3.89. The molecule has 0 radical (unpaired) electrons. The highest BCUT2D eigenvalue weighted by Crippen LogP contribution is 2.10. The van der Waals surface area contributed by atoms with Gasteiger partial charge in [0.2, 0.25) is 0 Å². The third-order valence-corrected chi connectivity index (χ3v) is 2.36. The molecule has 19 heavy (non-hydrogen) atoms. The summed E-state index contributed by atoms with van der Waals surface area (Å²) in [6.07, 6.45) is 2.96. The molecule has 0 bridgehead atoms. The fourth-order valence-electron chi connectivity index (χ4n) is 1.41. The third kappa shape index (κ3) is 5.69. The number of carboxylic acid groups (broad SMARTS) is 2. The summed E-state index contributed by atoms with van der Waals surface area (Å²) in [5.74, 6) is -2.19. The Bertz CT molecular complexity index is 466. The molecule has 1 rings (SSSR count). The number of phenolic OH excluding ortho intramolecular Hbond substituents is 1. The van der Waals surface area contributed by atoms with Crippen molar-refractivity contribution in [2.24, 2.45) is 0 Å². The molecule has 102 valence electrons. The SMILES string of the molecule is O=C(O)C[C@H](NCC=Cc1ccc(O)cc1)C(=O)O. The van der Waals surface area contributed by atoms with Gasteiger partial charge in [0.05, 0.1) is 6.42 Å². The van der Waals surface area contributed by atoms with E-state index in [4.69, 9.17) is 15.3 Å². The summed E-state index contributed by atoms with van der Waals surface area (Å²) in [6.45, 7) is 0.241. The van der Waals surface area contributed by atoms with Crippen LogP contribution in [0.1, 0.15) is 12.0 Å². The van der Waals surface area contributed by atoms with Gasteiger partial charge in [0.25, 0.3) is 0 Å². The van der Waals surface area contributed by atoms with Gasteiger partial charge in [-0.2, -0.15) is 0 Å². The molecule has 1 aromatic carbocycles. The molecule has 0 fully saturated rings. The monoisotopic (exact) mass is 265 g/mol. The van der Waals surface area contributed by atoms with Gasteiger partial charge in [-0.15, -0.1) is 0 Å². The predicted octanol–water partition coefficient (Wildman–Crippen LogP) is 0.923. The maximum atomic E-state index is 10.8. The molecule has 1 aromatic rings. The van der Waals surface area contributed by atoms with Crippen LogP contribution in [0.4, 0.5) is 0 Å². The van der Waals surface area contributed by atoms with Crippen molar-refractivity contribution in [3.63, 3.8) is 0 Å². The molecule has 0 aliphatic rings. The largest absolute Gasteiger partial charge is 0.508 e. The molecule has 6 heteroatoms. The first-order valence-electron chi connectivity index (χ1n) is 5.62. The van der Waals surface area contributed by atoms with Gasteiger partial charge in [-0.1, -0.05) is 24.3 Å². The van der Waals surface area contributed by atoms with Gasteiger partial charge in [-0.05, 0) is 17.7 Å². The van der Waals surface area contributed by atoms with Crippen LogP contribution >= 0.6 is 0 Å². The van der Waals surface area contributed by atoms with Crippen LogP contribution in [0.2, 0.25) is 0 Å². The highest BCUT2D eigenvalue weighted by Gasteiger charge is 2.19. The van der Waals surface area contributed by atoms with Crippen LogP contribution in [0.3, 0.4) is 0 Å². The molecule has 6 nitrogen and oxygen atoms in total. The van der Waals surface area contributed by atoms with Crippen LogP contribution in [0.15, 0.2) is 30.3 Å². The quantitative estimate of drug-likeness (QED) is 0.584. The molecule has 4 N–H and O–H groups in total. The minimum absolute atomic E-state index is 0.169. The molecule has 0 aromatic heterocycles. The van der Waals surface area contributed by atoms with E-state index >= 15 is 0 Å². The van der Waals surface area contributed by atoms with E-state index in [0.717, 1.165) is 5.56 Å². The highest BCUT2D eigenvalue weighted by molar-refractivity contribution is 5.80. The summed E-state index contributed by atoms with van der Waals surface area (Å²) in [5, 5.41) is 29.0. The Kier molecular flexibility index (Phi) is 5.56. The summed E-state index contributed by atoms with van der Waals surface area (Å²) < 4.78 is 0. The standard InChI is InChI=1S/C13H15NO5/c15-10-5-3-9(4-6-10)2-1-7-14-11(13(18)19)8-12(16)17/h1-6,11,14-15H,7-8H2,(H,16,17)(H,18,19)/t11-/m0/s1. The van der Waals surface area contributed by atoms with Crippen molar-refractivity contribution >= 4 is 18.0 Å². The molecular weight excluding hydrogens is 250 g/mol. The van der Waals surface area contributed by atoms with Gasteiger partial charge in [0.15, 0.2) is 0 Å². The first kappa shape index (κ1) is 14.7. The van der Waals surface area contributed by atoms with Crippen molar-refractivity contribution in [3.8, 4) is 5.75 Å². The average molecular weight is 265 g/mol.